The number of pyridine rings is 1. The SMILES string of the molecule is Cc1cc(C(=O)N2CCc3oc(-c4cc(F)cc(F)c4)nc3C2)cnc1C. The molecule has 0 N–H and O–H groups in total. The fourth-order valence-corrected chi connectivity index (χ4v) is 3.12. The number of benzene rings is 1. The van der Waals surface area contributed by atoms with Crippen LogP contribution in [0.25, 0.3) is 11.5 Å². The number of hydrogen-bond acceptors (Lipinski definition) is 4. The van der Waals surface area contributed by atoms with Crippen LogP contribution in [-0.4, -0.2) is 27.3 Å². The van der Waals surface area contributed by atoms with Crippen molar-refractivity contribution in [3.63, 3.8) is 0 Å². The van der Waals surface area contributed by atoms with Crippen molar-refractivity contribution in [2.75, 3.05) is 6.54 Å². The van der Waals surface area contributed by atoms with Gasteiger partial charge in [0.2, 0.25) is 5.89 Å². The predicted molar refractivity (Wildman–Crippen MR) is 94.0 cm³/mol. The van der Waals surface area contributed by atoms with Gasteiger partial charge in [-0.3, -0.25) is 9.78 Å². The monoisotopic (exact) mass is 369 g/mol. The third kappa shape index (κ3) is 3.32. The second-order valence-corrected chi connectivity index (χ2v) is 6.65. The van der Waals surface area contributed by atoms with E-state index in [0.29, 0.717) is 30.0 Å². The van der Waals surface area contributed by atoms with Crippen molar-refractivity contribution in [1.29, 1.82) is 0 Å². The third-order valence-electron chi connectivity index (χ3n) is 4.71. The normalized spacial score (nSPS) is 13.6. The summed E-state index contributed by atoms with van der Waals surface area (Å²) < 4.78 is 32.6. The van der Waals surface area contributed by atoms with Gasteiger partial charge >= 0.3 is 0 Å². The predicted octanol–water partition coefficient (Wildman–Crippen LogP) is 3.83. The highest BCUT2D eigenvalue weighted by Gasteiger charge is 2.27. The smallest absolute Gasteiger partial charge is 0.255 e. The number of fused-ring (bicyclic) bond motifs is 1. The number of nitrogens with zero attached hydrogens (tertiary/aromatic N) is 3. The number of rotatable bonds is 2. The molecule has 27 heavy (non-hydrogen) atoms. The molecule has 7 heteroatoms. The molecule has 1 aromatic carbocycles. The molecule has 138 valence electrons. The van der Waals surface area contributed by atoms with Crippen molar-refractivity contribution in [3.8, 4) is 11.5 Å². The van der Waals surface area contributed by atoms with E-state index in [0.717, 1.165) is 17.3 Å². The molecule has 2 aromatic heterocycles. The summed E-state index contributed by atoms with van der Waals surface area (Å²) in [6, 6.07) is 4.96. The summed E-state index contributed by atoms with van der Waals surface area (Å²) in [5.74, 6) is -0.726. The largest absolute Gasteiger partial charge is 0.441 e. The van der Waals surface area contributed by atoms with Crippen molar-refractivity contribution in [1.82, 2.24) is 14.9 Å². The fraction of sp³-hybridized carbons (Fsp3) is 0.250. The van der Waals surface area contributed by atoms with E-state index in [1.54, 1.807) is 11.1 Å². The lowest BCUT2D eigenvalue weighted by Crippen LogP contribution is -2.35. The first-order chi connectivity index (χ1) is 12.9. The van der Waals surface area contributed by atoms with Crippen molar-refractivity contribution < 1.29 is 18.0 Å². The van der Waals surface area contributed by atoms with Crippen LogP contribution in [0.2, 0.25) is 0 Å². The minimum Gasteiger partial charge on any atom is -0.441 e. The molecule has 0 spiro atoms. The molecule has 5 nitrogen and oxygen atoms in total. The second kappa shape index (κ2) is 6.57. The Labute approximate surface area is 154 Å². The van der Waals surface area contributed by atoms with E-state index in [9.17, 15) is 13.6 Å². The van der Waals surface area contributed by atoms with Gasteiger partial charge in [0.1, 0.15) is 23.1 Å². The van der Waals surface area contributed by atoms with Crippen molar-refractivity contribution in [3.05, 3.63) is 70.4 Å². The standard InChI is InChI=1S/C20H17F2N3O2/c1-11-5-14(9-23-12(11)2)20(26)25-4-3-18-17(10-25)24-19(27-18)13-6-15(21)8-16(22)7-13/h5-9H,3-4,10H2,1-2H3. The lowest BCUT2D eigenvalue weighted by atomic mass is 10.1. The summed E-state index contributed by atoms with van der Waals surface area (Å²) in [6.45, 7) is 4.56. The van der Waals surface area contributed by atoms with Gasteiger partial charge in [0, 0.05) is 36.5 Å². The Morgan fingerprint density at radius 3 is 2.59 bits per heavy atom. The number of amides is 1. The van der Waals surface area contributed by atoms with Crippen molar-refractivity contribution in [2.24, 2.45) is 0 Å². The van der Waals surface area contributed by atoms with E-state index in [1.807, 2.05) is 19.9 Å². The van der Waals surface area contributed by atoms with Gasteiger partial charge in [-0.1, -0.05) is 0 Å². The highest BCUT2D eigenvalue weighted by molar-refractivity contribution is 5.94. The van der Waals surface area contributed by atoms with Crippen LogP contribution < -0.4 is 0 Å². The molecule has 3 aromatic rings. The van der Waals surface area contributed by atoms with Crippen LogP contribution >= 0.6 is 0 Å². The quantitative estimate of drug-likeness (QED) is 0.689. The van der Waals surface area contributed by atoms with Gasteiger partial charge in [0.25, 0.3) is 5.91 Å². The van der Waals surface area contributed by atoms with Crippen LogP contribution in [0.5, 0.6) is 0 Å². The molecule has 4 rings (SSSR count). The third-order valence-corrected chi connectivity index (χ3v) is 4.71. The molecule has 0 atom stereocenters. The van der Waals surface area contributed by atoms with Crippen LogP contribution in [0, 0.1) is 25.5 Å². The zero-order valence-corrected chi connectivity index (χ0v) is 14.9. The molecule has 0 unspecified atom stereocenters. The summed E-state index contributed by atoms with van der Waals surface area (Å²) in [7, 11) is 0. The molecular weight excluding hydrogens is 352 g/mol. The van der Waals surface area contributed by atoms with Gasteiger partial charge in [-0.25, -0.2) is 13.8 Å². The van der Waals surface area contributed by atoms with E-state index < -0.39 is 11.6 Å². The zero-order valence-electron chi connectivity index (χ0n) is 14.9. The van der Waals surface area contributed by atoms with Gasteiger partial charge in [-0.15, -0.1) is 0 Å². The summed E-state index contributed by atoms with van der Waals surface area (Å²) in [5.41, 5.74) is 3.20. The van der Waals surface area contributed by atoms with Gasteiger partial charge < -0.3 is 9.32 Å². The number of hydrogen-bond donors (Lipinski definition) is 0. The number of carbonyl (C=O) groups is 1. The number of aromatic nitrogens is 2. The lowest BCUT2D eigenvalue weighted by Gasteiger charge is -2.25. The van der Waals surface area contributed by atoms with Crippen LogP contribution in [-0.2, 0) is 13.0 Å². The highest BCUT2D eigenvalue weighted by atomic mass is 19.1. The maximum Gasteiger partial charge on any atom is 0.255 e. The maximum absolute atomic E-state index is 13.4. The first-order valence-corrected chi connectivity index (χ1v) is 8.58. The average molecular weight is 369 g/mol. The Morgan fingerprint density at radius 1 is 1.15 bits per heavy atom. The molecule has 3 heterocycles. The molecule has 1 aliphatic rings. The topological polar surface area (TPSA) is 59.2 Å². The van der Waals surface area contributed by atoms with E-state index >= 15 is 0 Å². The molecule has 1 amide bonds. The van der Waals surface area contributed by atoms with Gasteiger partial charge in [0.15, 0.2) is 0 Å². The molecule has 0 radical (unpaired) electrons. The van der Waals surface area contributed by atoms with E-state index in [1.165, 1.54) is 12.1 Å². The van der Waals surface area contributed by atoms with Crippen LogP contribution in [0.1, 0.15) is 33.1 Å². The molecule has 0 saturated heterocycles. The maximum atomic E-state index is 13.4. The Hall–Kier alpha value is -3.09. The second-order valence-electron chi connectivity index (χ2n) is 6.65. The minimum atomic E-state index is -0.694. The summed E-state index contributed by atoms with van der Waals surface area (Å²) in [5, 5.41) is 0. The van der Waals surface area contributed by atoms with Crippen LogP contribution in [0.3, 0.4) is 0 Å². The Balaban J connectivity index is 1.59. The van der Waals surface area contributed by atoms with Crippen LogP contribution in [0.15, 0.2) is 34.9 Å². The number of carbonyl (C=O) groups excluding carboxylic acids is 1. The van der Waals surface area contributed by atoms with E-state index in [4.69, 9.17) is 4.42 Å². The molecule has 1 aliphatic heterocycles. The first-order valence-electron chi connectivity index (χ1n) is 8.58. The Morgan fingerprint density at radius 2 is 1.89 bits per heavy atom. The first kappa shape index (κ1) is 17.3. The Bertz CT molecular complexity index is 1030. The Kier molecular flexibility index (Phi) is 4.22. The minimum absolute atomic E-state index is 0.127. The van der Waals surface area contributed by atoms with Gasteiger partial charge in [0.05, 0.1) is 12.1 Å². The molecule has 0 aliphatic carbocycles. The van der Waals surface area contributed by atoms with E-state index in [2.05, 4.69) is 9.97 Å². The van der Waals surface area contributed by atoms with Crippen molar-refractivity contribution >= 4 is 5.91 Å². The molecule has 0 fully saturated rings. The molecular formula is C20H17F2N3O2. The van der Waals surface area contributed by atoms with E-state index in [-0.39, 0.29) is 23.9 Å². The lowest BCUT2D eigenvalue weighted by molar-refractivity contribution is 0.0727. The number of oxazole rings is 1. The van der Waals surface area contributed by atoms with Crippen molar-refractivity contribution in [2.45, 2.75) is 26.8 Å². The summed E-state index contributed by atoms with van der Waals surface area (Å²) >= 11 is 0. The van der Waals surface area contributed by atoms with Crippen LogP contribution in [0.4, 0.5) is 8.78 Å². The zero-order chi connectivity index (χ0) is 19.1. The summed E-state index contributed by atoms with van der Waals surface area (Å²) in [4.78, 5) is 23.0. The highest BCUT2D eigenvalue weighted by Crippen LogP contribution is 2.28. The number of halogens is 2. The average Bonchev–Trinajstić information content (AvgIpc) is 3.06. The summed E-state index contributed by atoms with van der Waals surface area (Å²) in [6.07, 6.45) is 2.06. The van der Waals surface area contributed by atoms with Gasteiger partial charge in [-0.2, -0.15) is 0 Å². The molecule has 0 saturated carbocycles. The fourth-order valence-electron chi connectivity index (χ4n) is 3.12. The number of aryl methyl sites for hydroxylation is 2. The van der Waals surface area contributed by atoms with Gasteiger partial charge in [-0.05, 0) is 37.6 Å². The molecule has 0 bridgehead atoms.